The van der Waals surface area contributed by atoms with Crippen LogP contribution in [-0.2, 0) is 0 Å². The van der Waals surface area contributed by atoms with E-state index in [-0.39, 0.29) is 5.91 Å². The van der Waals surface area contributed by atoms with Crippen molar-refractivity contribution in [3.8, 4) is 11.5 Å². The van der Waals surface area contributed by atoms with E-state index in [1.165, 1.54) is 11.3 Å². The molecule has 6 heteroatoms. The summed E-state index contributed by atoms with van der Waals surface area (Å²) in [6, 6.07) is 8.94. The normalized spacial score (nSPS) is 10.1. The Hall–Kier alpha value is -2.21. The summed E-state index contributed by atoms with van der Waals surface area (Å²) in [5.74, 6) is 1.12. The predicted molar refractivity (Wildman–Crippen MR) is 79.6 cm³/mol. The average molecular weight is 292 g/mol. The number of rotatable bonds is 6. The summed E-state index contributed by atoms with van der Waals surface area (Å²) in [5, 5.41) is 4.60. The molecule has 0 aliphatic heterocycles. The van der Waals surface area contributed by atoms with Gasteiger partial charge in [-0.15, -0.1) is 11.3 Å². The highest BCUT2D eigenvalue weighted by molar-refractivity contribution is 7.12. The van der Waals surface area contributed by atoms with Crippen molar-refractivity contribution in [3.63, 3.8) is 0 Å². The zero-order chi connectivity index (χ0) is 14.4. The van der Waals surface area contributed by atoms with Gasteiger partial charge >= 0.3 is 0 Å². The minimum Gasteiger partial charge on any atom is -0.495 e. The zero-order valence-corrected chi connectivity index (χ0v) is 11.9. The molecule has 0 aliphatic carbocycles. The highest BCUT2D eigenvalue weighted by atomic mass is 32.1. The summed E-state index contributed by atoms with van der Waals surface area (Å²) in [6.45, 7) is 0.789. The number of carbonyl (C=O) groups is 1. The molecule has 0 radical (unpaired) electrons. The molecule has 0 bridgehead atoms. The van der Waals surface area contributed by atoms with Gasteiger partial charge in [0.05, 0.1) is 13.7 Å². The molecule has 20 heavy (non-hydrogen) atoms. The van der Waals surface area contributed by atoms with Crippen LogP contribution in [0.2, 0.25) is 0 Å². The van der Waals surface area contributed by atoms with Crippen molar-refractivity contribution in [2.75, 3.05) is 26.0 Å². The van der Waals surface area contributed by atoms with Gasteiger partial charge in [0.25, 0.3) is 5.91 Å². The first kappa shape index (κ1) is 14.2. The Morgan fingerprint density at radius 3 is 3.00 bits per heavy atom. The number of nitrogen functional groups attached to an aromatic ring is 1. The van der Waals surface area contributed by atoms with E-state index in [4.69, 9.17) is 15.2 Å². The number of ether oxygens (including phenoxy) is 2. The first-order valence-corrected chi connectivity index (χ1v) is 6.96. The van der Waals surface area contributed by atoms with Crippen LogP contribution in [0.5, 0.6) is 11.5 Å². The van der Waals surface area contributed by atoms with Gasteiger partial charge in [0, 0.05) is 11.8 Å². The van der Waals surface area contributed by atoms with Gasteiger partial charge in [-0.3, -0.25) is 4.79 Å². The van der Waals surface area contributed by atoms with Crippen LogP contribution >= 0.6 is 11.3 Å². The molecular formula is C14H16N2O3S. The molecule has 0 spiro atoms. The fourth-order valence-corrected chi connectivity index (χ4v) is 2.42. The number of hydrogen-bond acceptors (Lipinski definition) is 5. The number of amides is 1. The highest BCUT2D eigenvalue weighted by Crippen LogP contribution is 2.23. The second kappa shape index (κ2) is 6.81. The third-order valence-electron chi connectivity index (χ3n) is 2.57. The van der Waals surface area contributed by atoms with E-state index in [9.17, 15) is 4.79 Å². The Kier molecular flexibility index (Phi) is 4.84. The lowest BCUT2D eigenvalue weighted by Crippen LogP contribution is -2.27. The number of methoxy groups -OCH3 is 1. The van der Waals surface area contributed by atoms with Gasteiger partial charge in [-0.05, 0) is 23.6 Å². The standard InChI is InChI=1S/C14H16N2O3S/c1-18-12-5-8-20-13(12)14(17)16-6-7-19-11-4-2-3-10(15)9-11/h2-5,8-9H,6-7,15H2,1H3,(H,16,17). The Bertz CT molecular complexity index is 583. The van der Waals surface area contributed by atoms with Crippen LogP contribution in [0, 0.1) is 0 Å². The van der Waals surface area contributed by atoms with Crippen LogP contribution in [0.4, 0.5) is 5.69 Å². The number of anilines is 1. The van der Waals surface area contributed by atoms with Crippen LogP contribution < -0.4 is 20.5 Å². The fraction of sp³-hybridized carbons (Fsp3) is 0.214. The molecule has 0 fully saturated rings. The Labute approximate surface area is 121 Å². The molecule has 1 heterocycles. The van der Waals surface area contributed by atoms with Crippen molar-refractivity contribution >= 4 is 22.9 Å². The molecule has 1 aromatic heterocycles. The van der Waals surface area contributed by atoms with E-state index in [1.807, 2.05) is 17.5 Å². The maximum absolute atomic E-state index is 11.9. The molecule has 5 nitrogen and oxygen atoms in total. The minimum absolute atomic E-state index is 0.159. The van der Waals surface area contributed by atoms with Crippen LogP contribution in [0.25, 0.3) is 0 Å². The molecule has 0 saturated carbocycles. The molecule has 1 aromatic carbocycles. The third kappa shape index (κ3) is 3.64. The first-order chi connectivity index (χ1) is 9.70. The lowest BCUT2D eigenvalue weighted by molar-refractivity contribution is 0.0948. The molecule has 2 aromatic rings. The molecule has 2 rings (SSSR count). The summed E-state index contributed by atoms with van der Waals surface area (Å²) in [6.07, 6.45) is 0. The zero-order valence-electron chi connectivity index (χ0n) is 11.1. The first-order valence-electron chi connectivity index (χ1n) is 6.08. The number of nitrogens with one attached hydrogen (secondary N) is 1. The van der Waals surface area contributed by atoms with E-state index in [2.05, 4.69) is 5.32 Å². The molecule has 0 saturated heterocycles. The maximum atomic E-state index is 11.9. The van der Waals surface area contributed by atoms with Gasteiger partial charge in [0.2, 0.25) is 0 Å². The summed E-state index contributed by atoms with van der Waals surface area (Å²) >= 11 is 1.34. The van der Waals surface area contributed by atoms with Crippen molar-refractivity contribution in [2.24, 2.45) is 0 Å². The highest BCUT2D eigenvalue weighted by Gasteiger charge is 2.12. The van der Waals surface area contributed by atoms with Gasteiger partial charge < -0.3 is 20.5 Å². The van der Waals surface area contributed by atoms with Gasteiger partial charge in [-0.1, -0.05) is 6.07 Å². The SMILES string of the molecule is COc1ccsc1C(=O)NCCOc1cccc(N)c1. The average Bonchev–Trinajstić information content (AvgIpc) is 2.92. The smallest absolute Gasteiger partial charge is 0.265 e. The lowest BCUT2D eigenvalue weighted by Gasteiger charge is -2.08. The van der Waals surface area contributed by atoms with Gasteiger partial charge in [0.1, 0.15) is 23.0 Å². The topological polar surface area (TPSA) is 73.6 Å². The van der Waals surface area contributed by atoms with E-state index in [0.717, 1.165) is 0 Å². The molecule has 0 atom stereocenters. The van der Waals surface area contributed by atoms with Crippen molar-refractivity contribution in [2.45, 2.75) is 0 Å². The number of benzene rings is 1. The van der Waals surface area contributed by atoms with Crippen molar-refractivity contribution in [1.29, 1.82) is 0 Å². The summed E-state index contributed by atoms with van der Waals surface area (Å²) in [5.41, 5.74) is 6.29. The minimum atomic E-state index is -0.159. The summed E-state index contributed by atoms with van der Waals surface area (Å²) in [7, 11) is 1.54. The quantitative estimate of drug-likeness (QED) is 0.632. The second-order valence-corrected chi connectivity index (χ2v) is 4.91. The van der Waals surface area contributed by atoms with Crippen molar-refractivity contribution < 1.29 is 14.3 Å². The van der Waals surface area contributed by atoms with Gasteiger partial charge in [0.15, 0.2) is 0 Å². The van der Waals surface area contributed by atoms with Crippen LogP contribution in [-0.4, -0.2) is 26.2 Å². The molecular weight excluding hydrogens is 276 g/mol. The summed E-state index contributed by atoms with van der Waals surface area (Å²) in [4.78, 5) is 12.5. The number of thiophene rings is 1. The van der Waals surface area contributed by atoms with E-state index >= 15 is 0 Å². The Morgan fingerprint density at radius 2 is 2.25 bits per heavy atom. The summed E-state index contributed by atoms with van der Waals surface area (Å²) < 4.78 is 10.6. The molecule has 1 amide bonds. The van der Waals surface area contributed by atoms with Gasteiger partial charge in [-0.25, -0.2) is 0 Å². The number of nitrogens with two attached hydrogens (primary N) is 1. The molecule has 0 unspecified atom stereocenters. The van der Waals surface area contributed by atoms with E-state index in [1.54, 1.807) is 25.3 Å². The second-order valence-electron chi connectivity index (χ2n) is 3.99. The maximum Gasteiger partial charge on any atom is 0.265 e. The van der Waals surface area contributed by atoms with Gasteiger partial charge in [-0.2, -0.15) is 0 Å². The van der Waals surface area contributed by atoms with E-state index in [0.29, 0.717) is 35.2 Å². The third-order valence-corrected chi connectivity index (χ3v) is 3.46. The predicted octanol–water partition coefficient (Wildman–Crippen LogP) is 2.15. The van der Waals surface area contributed by atoms with Crippen LogP contribution in [0.3, 0.4) is 0 Å². The fourth-order valence-electron chi connectivity index (χ4n) is 1.64. The van der Waals surface area contributed by atoms with E-state index < -0.39 is 0 Å². The molecule has 106 valence electrons. The Balaban J connectivity index is 1.77. The molecule has 0 aliphatic rings. The Morgan fingerprint density at radius 1 is 1.40 bits per heavy atom. The lowest BCUT2D eigenvalue weighted by atomic mass is 10.3. The van der Waals surface area contributed by atoms with Crippen molar-refractivity contribution in [1.82, 2.24) is 5.32 Å². The van der Waals surface area contributed by atoms with Crippen LogP contribution in [0.15, 0.2) is 35.7 Å². The molecule has 3 N–H and O–H groups in total. The number of carbonyl (C=O) groups excluding carboxylic acids is 1. The largest absolute Gasteiger partial charge is 0.495 e. The monoisotopic (exact) mass is 292 g/mol. The van der Waals surface area contributed by atoms with Crippen molar-refractivity contribution in [3.05, 3.63) is 40.6 Å². The number of hydrogen-bond donors (Lipinski definition) is 2. The van der Waals surface area contributed by atoms with Crippen LogP contribution in [0.1, 0.15) is 9.67 Å².